The second-order valence-corrected chi connectivity index (χ2v) is 6.68. The van der Waals surface area contributed by atoms with Crippen molar-refractivity contribution < 1.29 is 14.9 Å². The molecule has 0 radical (unpaired) electrons. The molecule has 0 saturated heterocycles. The van der Waals surface area contributed by atoms with E-state index < -0.39 is 24.0 Å². The molecule has 1 atom stereocenters. The Morgan fingerprint density at radius 2 is 1.93 bits per heavy atom. The van der Waals surface area contributed by atoms with Gasteiger partial charge in [-0.15, -0.1) is 0 Å². The number of rotatable bonds is 5. The van der Waals surface area contributed by atoms with Crippen LogP contribution in [0, 0.1) is 0 Å². The van der Waals surface area contributed by atoms with Crippen LogP contribution in [-0.4, -0.2) is 55.3 Å². The van der Waals surface area contributed by atoms with Gasteiger partial charge in [0, 0.05) is 25.8 Å². The Bertz CT molecular complexity index is 1140. The number of hydrogen-bond acceptors (Lipinski definition) is 7. The number of fused-ring (bicyclic) bond motifs is 3. The molecule has 0 saturated carbocycles. The Labute approximate surface area is 159 Å². The van der Waals surface area contributed by atoms with Crippen molar-refractivity contribution in [3.05, 3.63) is 45.1 Å². The molecule has 4 rings (SSSR count). The van der Waals surface area contributed by atoms with Crippen molar-refractivity contribution in [2.24, 2.45) is 7.05 Å². The first-order chi connectivity index (χ1) is 13.5. The maximum atomic E-state index is 13.0. The number of aryl methyl sites for hydroxylation is 1. The number of aliphatic hydroxyl groups is 2. The highest BCUT2D eigenvalue weighted by Crippen LogP contribution is 2.32. The van der Waals surface area contributed by atoms with Crippen molar-refractivity contribution in [2.75, 3.05) is 25.2 Å². The fourth-order valence-corrected chi connectivity index (χ4v) is 3.51. The summed E-state index contributed by atoms with van der Waals surface area (Å²) in [4.78, 5) is 32.0. The third-order valence-corrected chi connectivity index (χ3v) is 4.99. The number of anilines is 2. The highest BCUT2D eigenvalue weighted by Gasteiger charge is 2.29. The SMILES string of the molecule is COc1ccc(N2CCn3c2nc2c3c(=O)n(C[C@H](O)CO)c(=O)n2C)cc1. The number of imidazole rings is 1. The lowest BCUT2D eigenvalue weighted by atomic mass is 10.3. The van der Waals surface area contributed by atoms with Gasteiger partial charge in [-0.25, -0.2) is 4.79 Å². The first kappa shape index (κ1) is 18.3. The molecule has 0 spiro atoms. The van der Waals surface area contributed by atoms with Crippen molar-refractivity contribution in [1.82, 2.24) is 18.7 Å². The van der Waals surface area contributed by atoms with Gasteiger partial charge in [0.15, 0.2) is 11.2 Å². The summed E-state index contributed by atoms with van der Waals surface area (Å²) >= 11 is 0. The lowest BCUT2D eigenvalue weighted by Gasteiger charge is -2.16. The van der Waals surface area contributed by atoms with Crippen LogP contribution in [0.25, 0.3) is 11.2 Å². The molecule has 0 bridgehead atoms. The zero-order valence-electron chi connectivity index (χ0n) is 15.6. The highest BCUT2D eigenvalue weighted by molar-refractivity contribution is 5.77. The maximum Gasteiger partial charge on any atom is 0.332 e. The largest absolute Gasteiger partial charge is 0.497 e. The molecule has 148 valence electrons. The van der Waals surface area contributed by atoms with Crippen LogP contribution in [0.15, 0.2) is 33.9 Å². The van der Waals surface area contributed by atoms with Crippen molar-refractivity contribution in [2.45, 2.75) is 19.2 Å². The molecule has 10 heteroatoms. The number of aliphatic hydroxyl groups excluding tert-OH is 2. The molecule has 0 amide bonds. The van der Waals surface area contributed by atoms with Gasteiger partial charge < -0.3 is 24.4 Å². The van der Waals surface area contributed by atoms with Crippen molar-refractivity contribution >= 4 is 22.8 Å². The van der Waals surface area contributed by atoms with Crippen LogP contribution in [0.1, 0.15) is 0 Å². The summed E-state index contributed by atoms with van der Waals surface area (Å²) in [6, 6.07) is 7.50. The zero-order chi connectivity index (χ0) is 20.0. The number of hydrogen-bond donors (Lipinski definition) is 2. The summed E-state index contributed by atoms with van der Waals surface area (Å²) in [6.45, 7) is 0.351. The number of methoxy groups -OCH3 is 1. The predicted molar refractivity (Wildman–Crippen MR) is 102 cm³/mol. The number of aromatic nitrogens is 4. The van der Waals surface area contributed by atoms with Crippen molar-refractivity contribution in [3.8, 4) is 5.75 Å². The van der Waals surface area contributed by atoms with E-state index in [0.29, 0.717) is 24.6 Å². The van der Waals surface area contributed by atoms with Crippen LogP contribution in [0.2, 0.25) is 0 Å². The molecule has 0 unspecified atom stereocenters. The summed E-state index contributed by atoms with van der Waals surface area (Å²) in [7, 11) is 3.13. The van der Waals surface area contributed by atoms with Gasteiger partial charge in [0.05, 0.1) is 26.4 Å². The van der Waals surface area contributed by atoms with Gasteiger partial charge >= 0.3 is 5.69 Å². The number of ether oxygens (including phenoxy) is 1. The Morgan fingerprint density at radius 3 is 2.57 bits per heavy atom. The van der Waals surface area contributed by atoms with Gasteiger partial charge in [0.25, 0.3) is 5.56 Å². The third-order valence-electron chi connectivity index (χ3n) is 4.99. The summed E-state index contributed by atoms with van der Waals surface area (Å²) < 4.78 is 9.20. The molecule has 10 nitrogen and oxygen atoms in total. The van der Waals surface area contributed by atoms with Crippen LogP contribution in [0.4, 0.5) is 11.6 Å². The molecule has 2 N–H and O–H groups in total. The van der Waals surface area contributed by atoms with E-state index in [1.54, 1.807) is 11.7 Å². The van der Waals surface area contributed by atoms with E-state index in [4.69, 9.17) is 9.84 Å². The lowest BCUT2D eigenvalue weighted by molar-refractivity contribution is 0.0791. The molecule has 1 aliphatic rings. The molecule has 2 aromatic heterocycles. The molecule has 3 aromatic rings. The summed E-state index contributed by atoms with van der Waals surface area (Å²) in [6.07, 6.45) is -1.19. The Balaban J connectivity index is 1.86. The smallest absolute Gasteiger partial charge is 0.332 e. The van der Waals surface area contributed by atoms with Gasteiger partial charge in [-0.2, -0.15) is 4.98 Å². The second-order valence-electron chi connectivity index (χ2n) is 6.68. The zero-order valence-corrected chi connectivity index (χ0v) is 15.6. The molecular formula is C18H21N5O5. The molecular weight excluding hydrogens is 366 g/mol. The highest BCUT2D eigenvalue weighted by atomic mass is 16.5. The van der Waals surface area contributed by atoms with E-state index >= 15 is 0 Å². The van der Waals surface area contributed by atoms with E-state index in [9.17, 15) is 14.7 Å². The monoisotopic (exact) mass is 387 g/mol. The van der Waals surface area contributed by atoms with E-state index in [1.165, 1.54) is 11.6 Å². The van der Waals surface area contributed by atoms with Gasteiger partial charge in [-0.3, -0.25) is 13.9 Å². The number of nitrogens with zero attached hydrogens (tertiary/aromatic N) is 5. The van der Waals surface area contributed by atoms with Crippen LogP contribution in [0.5, 0.6) is 5.75 Å². The molecule has 3 heterocycles. The van der Waals surface area contributed by atoms with E-state index in [0.717, 1.165) is 16.0 Å². The lowest BCUT2D eigenvalue weighted by Crippen LogP contribution is -2.42. The molecule has 0 aliphatic carbocycles. The van der Waals surface area contributed by atoms with Gasteiger partial charge in [-0.05, 0) is 24.3 Å². The Hall–Kier alpha value is -3.11. The second kappa shape index (κ2) is 6.80. The minimum atomic E-state index is -1.19. The van der Waals surface area contributed by atoms with E-state index in [1.807, 2.05) is 29.2 Å². The van der Waals surface area contributed by atoms with Gasteiger partial charge in [0.2, 0.25) is 5.95 Å². The van der Waals surface area contributed by atoms with Crippen molar-refractivity contribution in [1.29, 1.82) is 0 Å². The first-order valence-corrected chi connectivity index (χ1v) is 8.86. The van der Waals surface area contributed by atoms with E-state index in [2.05, 4.69) is 4.98 Å². The average molecular weight is 387 g/mol. The maximum absolute atomic E-state index is 13.0. The van der Waals surface area contributed by atoms with Crippen molar-refractivity contribution in [3.63, 3.8) is 0 Å². The fourth-order valence-electron chi connectivity index (χ4n) is 3.51. The summed E-state index contributed by atoms with van der Waals surface area (Å²) in [5.41, 5.74) is 0.380. The molecule has 1 aliphatic heterocycles. The predicted octanol–water partition coefficient (Wildman–Crippen LogP) is -0.590. The fraction of sp³-hybridized carbons (Fsp3) is 0.389. The molecule has 28 heavy (non-hydrogen) atoms. The summed E-state index contributed by atoms with van der Waals surface area (Å²) in [5.74, 6) is 1.32. The topological polar surface area (TPSA) is 115 Å². The minimum absolute atomic E-state index is 0.277. The minimum Gasteiger partial charge on any atom is -0.497 e. The molecule has 0 fully saturated rings. The van der Waals surface area contributed by atoms with Crippen LogP contribution in [-0.2, 0) is 20.1 Å². The normalized spacial score (nSPS) is 14.5. The average Bonchev–Trinajstić information content (AvgIpc) is 3.29. The standard InChI is InChI=1S/C18H21N5O5/c1-20-15-14(16(26)23(18(20)27)9-12(25)10-24)22-8-7-21(17(22)19-15)11-3-5-13(28-2)6-4-11/h3-6,12,24-25H,7-10H2,1-2H3/t12-/m0/s1. The van der Waals surface area contributed by atoms with Crippen LogP contribution in [0.3, 0.4) is 0 Å². The quantitative estimate of drug-likeness (QED) is 0.601. The third kappa shape index (κ3) is 2.69. The van der Waals surface area contributed by atoms with Gasteiger partial charge in [-0.1, -0.05) is 0 Å². The molecule has 1 aromatic carbocycles. The summed E-state index contributed by atoms with van der Waals surface area (Å²) in [5, 5.41) is 18.8. The van der Waals surface area contributed by atoms with Gasteiger partial charge in [0.1, 0.15) is 5.75 Å². The van der Waals surface area contributed by atoms with Crippen LogP contribution >= 0.6 is 0 Å². The first-order valence-electron chi connectivity index (χ1n) is 8.86. The Morgan fingerprint density at radius 1 is 1.21 bits per heavy atom. The van der Waals surface area contributed by atoms with E-state index in [-0.39, 0.29) is 12.2 Å². The number of benzene rings is 1. The van der Waals surface area contributed by atoms with Crippen LogP contribution < -0.4 is 20.9 Å². The Kier molecular flexibility index (Phi) is 4.44.